The highest BCUT2D eigenvalue weighted by Gasteiger charge is 2.20. The number of hydrogen-bond donors (Lipinski definition) is 0. The van der Waals surface area contributed by atoms with Gasteiger partial charge in [-0.15, -0.1) is 34.3 Å². The first kappa shape index (κ1) is 12.8. The van der Waals surface area contributed by atoms with Crippen molar-refractivity contribution in [2.45, 2.75) is 5.38 Å². The molecule has 0 amide bonds. The van der Waals surface area contributed by atoms with Crippen LogP contribution in [0.3, 0.4) is 0 Å². The monoisotopic (exact) mass is 332 g/mol. The van der Waals surface area contributed by atoms with E-state index in [0.29, 0.717) is 8.67 Å². The van der Waals surface area contributed by atoms with E-state index < -0.39 is 0 Å². The molecule has 0 fully saturated rings. The molecule has 92 valence electrons. The van der Waals surface area contributed by atoms with Crippen molar-refractivity contribution >= 4 is 67.6 Å². The number of alkyl halides is 1. The highest BCUT2D eigenvalue weighted by molar-refractivity contribution is 7.20. The van der Waals surface area contributed by atoms with Gasteiger partial charge in [0.15, 0.2) is 0 Å². The van der Waals surface area contributed by atoms with E-state index in [0.717, 1.165) is 11.1 Å². The standard InChI is InChI=1S/C13H7Cl3S2/c14-11-5-8(13(16)18-11)12(15)9-6-17-10-4-2-1-3-7(9)10/h1-6,12H. The van der Waals surface area contributed by atoms with Gasteiger partial charge >= 0.3 is 0 Å². The average Bonchev–Trinajstić information content (AvgIpc) is 2.92. The first-order valence-electron chi connectivity index (χ1n) is 5.21. The molecule has 5 heteroatoms. The van der Waals surface area contributed by atoms with Gasteiger partial charge in [-0.25, -0.2) is 0 Å². The Labute approximate surface area is 128 Å². The van der Waals surface area contributed by atoms with E-state index in [-0.39, 0.29) is 5.38 Å². The first-order chi connectivity index (χ1) is 8.66. The Morgan fingerprint density at radius 1 is 1.06 bits per heavy atom. The minimum Gasteiger partial charge on any atom is -0.143 e. The SMILES string of the molecule is Clc1cc(C(Cl)c2csc3ccccc23)c(Cl)s1. The second-order valence-corrected chi connectivity index (χ2v) is 7.46. The van der Waals surface area contributed by atoms with Gasteiger partial charge in [-0.1, -0.05) is 41.4 Å². The molecule has 1 atom stereocenters. The Bertz CT molecular complexity index is 699. The molecule has 3 rings (SSSR count). The number of thiophene rings is 2. The summed E-state index contributed by atoms with van der Waals surface area (Å²) < 4.78 is 2.56. The van der Waals surface area contributed by atoms with E-state index in [4.69, 9.17) is 34.8 Å². The van der Waals surface area contributed by atoms with Crippen molar-refractivity contribution in [3.63, 3.8) is 0 Å². The Balaban J connectivity index is 2.12. The fourth-order valence-electron chi connectivity index (χ4n) is 1.89. The lowest BCUT2D eigenvalue weighted by Crippen LogP contribution is -1.90. The molecule has 0 N–H and O–H groups in total. The van der Waals surface area contributed by atoms with Crippen LogP contribution in [-0.4, -0.2) is 0 Å². The fraction of sp³-hybridized carbons (Fsp3) is 0.0769. The minimum atomic E-state index is -0.252. The van der Waals surface area contributed by atoms with Gasteiger partial charge in [-0.2, -0.15) is 0 Å². The molecular formula is C13H7Cl3S2. The summed E-state index contributed by atoms with van der Waals surface area (Å²) in [6, 6.07) is 10.1. The zero-order chi connectivity index (χ0) is 12.7. The topological polar surface area (TPSA) is 0 Å². The average molecular weight is 334 g/mol. The third-order valence-corrected chi connectivity index (χ3v) is 5.71. The number of halogens is 3. The molecule has 0 aliphatic carbocycles. The molecule has 0 aliphatic rings. The van der Waals surface area contributed by atoms with E-state index in [2.05, 4.69) is 17.5 Å². The fourth-order valence-corrected chi connectivity index (χ4v) is 4.96. The second-order valence-electron chi connectivity index (χ2n) is 3.83. The van der Waals surface area contributed by atoms with Gasteiger partial charge < -0.3 is 0 Å². The Morgan fingerprint density at radius 3 is 2.56 bits per heavy atom. The summed E-state index contributed by atoms with van der Waals surface area (Å²) in [6.07, 6.45) is 0. The molecular weight excluding hydrogens is 327 g/mol. The third-order valence-electron chi connectivity index (χ3n) is 2.74. The summed E-state index contributed by atoms with van der Waals surface area (Å²) in [5.41, 5.74) is 1.98. The van der Waals surface area contributed by atoms with Crippen molar-refractivity contribution in [1.29, 1.82) is 0 Å². The van der Waals surface area contributed by atoms with Gasteiger partial charge in [0.2, 0.25) is 0 Å². The molecule has 1 aromatic carbocycles. The predicted molar refractivity (Wildman–Crippen MR) is 83.9 cm³/mol. The molecule has 2 aromatic heterocycles. The largest absolute Gasteiger partial charge is 0.143 e. The Morgan fingerprint density at radius 2 is 1.83 bits per heavy atom. The molecule has 0 spiro atoms. The highest BCUT2D eigenvalue weighted by atomic mass is 35.5. The lowest BCUT2D eigenvalue weighted by molar-refractivity contribution is 1.19. The van der Waals surface area contributed by atoms with Gasteiger partial charge in [0.1, 0.15) is 0 Å². The molecule has 18 heavy (non-hydrogen) atoms. The van der Waals surface area contributed by atoms with Crippen molar-refractivity contribution in [2.24, 2.45) is 0 Å². The molecule has 3 aromatic rings. The van der Waals surface area contributed by atoms with Gasteiger partial charge in [0.25, 0.3) is 0 Å². The van der Waals surface area contributed by atoms with Crippen molar-refractivity contribution < 1.29 is 0 Å². The van der Waals surface area contributed by atoms with Crippen LogP contribution in [0, 0.1) is 0 Å². The van der Waals surface area contributed by atoms with Crippen molar-refractivity contribution in [3.8, 4) is 0 Å². The molecule has 0 saturated carbocycles. The van der Waals surface area contributed by atoms with Crippen LogP contribution >= 0.6 is 57.5 Å². The maximum Gasteiger partial charge on any atom is 0.0994 e. The third kappa shape index (κ3) is 2.17. The van der Waals surface area contributed by atoms with Crippen LogP contribution in [0.4, 0.5) is 0 Å². The summed E-state index contributed by atoms with van der Waals surface area (Å²) in [7, 11) is 0. The Kier molecular flexibility index (Phi) is 3.57. The summed E-state index contributed by atoms with van der Waals surface area (Å²) >= 11 is 21.7. The number of hydrogen-bond acceptors (Lipinski definition) is 2. The molecule has 0 aliphatic heterocycles. The smallest absolute Gasteiger partial charge is 0.0994 e. The van der Waals surface area contributed by atoms with Crippen LogP contribution in [-0.2, 0) is 0 Å². The van der Waals surface area contributed by atoms with E-state index in [1.807, 2.05) is 18.2 Å². The molecule has 1 unspecified atom stereocenters. The lowest BCUT2D eigenvalue weighted by Gasteiger charge is -2.07. The predicted octanol–water partition coefficient (Wildman–Crippen LogP) is 6.60. The molecule has 2 heterocycles. The molecule has 0 radical (unpaired) electrons. The van der Waals surface area contributed by atoms with Gasteiger partial charge in [0.05, 0.1) is 14.0 Å². The normalized spacial score (nSPS) is 13.1. The van der Waals surface area contributed by atoms with E-state index >= 15 is 0 Å². The van der Waals surface area contributed by atoms with Gasteiger partial charge in [0, 0.05) is 10.3 Å². The zero-order valence-corrected chi connectivity index (χ0v) is 12.9. The molecule has 0 saturated heterocycles. The highest BCUT2D eigenvalue weighted by Crippen LogP contribution is 2.43. The maximum absolute atomic E-state index is 6.54. The molecule has 0 nitrogen and oxygen atoms in total. The van der Waals surface area contributed by atoms with Gasteiger partial charge in [-0.05, 0) is 28.5 Å². The zero-order valence-electron chi connectivity index (χ0n) is 8.99. The first-order valence-corrected chi connectivity index (χ1v) is 8.10. The number of fused-ring (bicyclic) bond motifs is 1. The van der Waals surface area contributed by atoms with Crippen LogP contribution in [0.5, 0.6) is 0 Å². The quantitative estimate of drug-likeness (QED) is 0.463. The van der Waals surface area contributed by atoms with Crippen LogP contribution in [0.1, 0.15) is 16.5 Å². The van der Waals surface area contributed by atoms with Crippen LogP contribution < -0.4 is 0 Å². The van der Waals surface area contributed by atoms with Crippen molar-refractivity contribution in [2.75, 3.05) is 0 Å². The number of rotatable bonds is 2. The summed E-state index contributed by atoms with van der Waals surface area (Å²) in [6.45, 7) is 0. The van der Waals surface area contributed by atoms with Crippen LogP contribution in [0.25, 0.3) is 10.1 Å². The summed E-state index contributed by atoms with van der Waals surface area (Å²) in [5, 5.41) is 3.02. The molecule has 0 bridgehead atoms. The summed E-state index contributed by atoms with van der Waals surface area (Å²) in [4.78, 5) is 0. The maximum atomic E-state index is 6.54. The Hall–Kier alpha value is -0.250. The van der Waals surface area contributed by atoms with Crippen LogP contribution in [0.2, 0.25) is 8.67 Å². The lowest BCUT2D eigenvalue weighted by atomic mass is 10.1. The summed E-state index contributed by atoms with van der Waals surface area (Å²) in [5.74, 6) is 0. The minimum absolute atomic E-state index is 0.252. The van der Waals surface area contributed by atoms with Crippen molar-refractivity contribution in [1.82, 2.24) is 0 Å². The van der Waals surface area contributed by atoms with Crippen LogP contribution in [0.15, 0.2) is 35.7 Å². The van der Waals surface area contributed by atoms with Crippen molar-refractivity contribution in [3.05, 3.63) is 55.5 Å². The van der Waals surface area contributed by atoms with E-state index in [1.54, 1.807) is 11.3 Å². The van der Waals surface area contributed by atoms with E-state index in [9.17, 15) is 0 Å². The van der Waals surface area contributed by atoms with E-state index in [1.165, 1.54) is 21.4 Å². The number of benzene rings is 1. The van der Waals surface area contributed by atoms with Gasteiger partial charge in [-0.3, -0.25) is 0 Å². The second kappa shape index (κ2) is 5.03.